The molecule has 2 aromatic rings. The largest absolute Gasteiger partial charge is 0.354 e. The highest BCUT2D eigenvalue weighted by molar-refractivity contribution is 6.06. The molecule has 6 heteroatoms. The second kappa shape index (κ2) is 6.43. The van der Waals surface area contributed by atoms with E-state index in [0.717, 1.165) is 0 Å². The summed E-state index contributed by atoms with van der Waals surface area (Å²) >= 11 is 0. The molecule has 0 saturated carbocycles. The van der Waals surface area contributed by atoms with Gasteiger partial charge in [0.1, 0.15) is 0 Å². The van der Waals surface area contributed by atoms with Gasteiger partial charge in [-0.15, -0.1) is 0 Å². The van der Waals surface area contributed by atoms with Gasteiger partial charge in [-0.25, -0.2) is 0 Å². The molecule has 2 N–H and O–H groups in total. The number of nitrogens with zero attached hydrogens (tertiary/aromatic N) is 1. The molecule has 0 radical (unpaired) electrons. The Labute approximate surface area is 128 Å². The number of pyridine rings is 1. The Balaban J connectivity index is 2.32. The van der Waals surface area contributed by atoms with Gasteiger partial charge >= 0.3 is 0 Å². The molecule has 1 unspecified atom stereocenters. The fourth-order valence-electron chi connectivity index (χ4n) is 2.20. The first-order chi connectivity index (χ1) is 10.4. The van der Waals surface area contributed by atoms with Crippen LogP contribution in [0.1, 0.15) is 24.2 Å². The van der Waals surface area contributed by atoms with Crippen LogP contribution in [-0.4, -0.2) is 41.3 Å². The zero-order chi connectivity index (χ0) is 16.3. The van der Waals surface area contributed by atoms with Gasteiger partial charge in [0.15, 0.2) is 0 Å². The van der Waals surface area contributed by atoms with Crippen LogP contribution in [0.3, 0.4) is 0 Å². The van der Waals surface area contributed by atoms with Crippen LogP contribution in [0.2, 0.25) is 0 Å². The maximum absolute atomic E-state index is 12.6. The van der Waals surface area contributed by atoms with Crippen molar-refractivity contribution in [3.05, 3.63) is 46.4 Å². The van der Waals surface area contributed by atoms with E-state index >= 15 is 0 Å². The highest BCUT2D eigenvalue weighted by Gasteiger charge is 2.20. The van der Waals surface area contributed by atoms with Crippen LogP contribution in [-0.2, 0) is 4.79 Å². The molecular weight excluding hydrogens is 282 g/mol. The number of fused-ring (bicyclic) bond motifs is 1. The van der Waals surface area contributed by atoms with Crippen molar-refractivity contribution in [2.45, 2.75) is 19.9 Å². The van der Waals surface area contributed by atoms with Crippen LogP contribution in [0.25, 0.3) is 10.8 Å². The van der Waals surface area contributed by atoms with Crippen molar-refractivity contribution in [1.29, 1.82) is 0 Å². The van der Waals surface area contributed by atoms with Gasteiger partial charge in [0.2, 0.25) is 5.91 Å². The van der Waals surface area contributed by atoms with E-state index in [1.54, 1.807) is 36.2 Å². The molecule has 0 spiro atoms. The molecule has 0 aliphatic heterocycles. The Morgan fingerprint density at radius 2 is 1.91 bits per heavy atom. The first-order valence-electron chi connectivity index (χ1n) is 7.04. The minimum absolute atomic E-state index is 0.137. The summed E-state index contributed by atoms with van der Waals surface area (Å²) in [6, 6.07) is 6.83. The van der Waals surface area contributed by atoms with E-state index in [2.05, 4.69) is 10.3 Å². The lowest BCUT2D eigenvalue weighted by atomic mass is 10.1. The number of nitrogens with one attached hydrogen (secondary N) is 2. The van der Waals surface area contributed by atoms with Crippen molar-refractivity contribution < 1.29 is 9.59 Å². The average Bonchev–Trinajstić information content (AvgIpc) is 2.52. The van der Waals surface area contributed by atoms with Gasteiger partial charge in [-0.1, -0.05) is 18.2 Å². The zero-order valence-corrected chi connectivity index (χ0v) is 12.8. The molecule has 0 bridgehead atoms. The molecule has 0 saturated heterocycles. The summed E-state index contributed by atoms with van der Waals surface area (Å²) in [6.07, 6.45) is 1.44. The predicted octanol–water partition coefficient (Wildman–Crippen LogP) is 1.12. The Morgan fingerprint density at radius 3 is 2.55 bits per heavy atom. The molecule has 116 valence electrons. The molecule has 2 rings (SSSR count). The lowest BCUT2D eigenvalue weighted by Gasteiger charge is -2.25. The van der Waals surface area contributed by atoms with Gasteiger partial charge in [-0.05, 0) is 13.0 Å². The minimum Gasteiger partial charge on any atom is -0.354 e. The standard InChI is InChI=1S/C16H19N3O3/c1-10(8-17-11(2)20)19(3)16(22)14-9-18-15(21)13-7-5-4-6-12(13)14/h4-7,9-10H,8H2,1-3H3,(H,17,20)(H,18,21). The molecule has 22 heavy (non-hydrogen) atoms. The van der Waals surface area contributed by atoms with Gasteiger partial charge in [-0.3, -0.25) is 14.4 Å². The van der Waals surface area contributed by atoms with Crippen LogP contribution in [0.4, 0.5) is 0 Å². The van der Waals surface area contributed by atoms with Crippen LogP contribution in [0.15, 0.2) is 35.3 Å². The molecule has 1 atom stereocenters. The first-order valence-corrected chi connectivity index (χ1v) is 7.04. The Hall–Kier alpha value is -2.63. The number of hydrogen-bond acceptors (Lipinski definition) is 3. The molecule has 2 amide bonds. The van der Waals surface area contributed by atoms with E-state index < -0.39 is 0 Å². The van der Waals surface area contributed by atoms with E-state index in [0.29, 0.717) is 22.9 Å². The third-order valence-electron chi connectivity index (χ3n) is 3.67. The summed E-state index contributed by atoms with van der Waals surface area (Å²) in [7, 11) is 1.68. The summed E-state index contributed by atoms with van der Waals surface area (Å²) < 4.78 is 0. The van der Waals surface area contributed by atoms with E-state index in [9.17, 15) is 14.4 Å². The lowest BCUT2D eigenvalue weighted by Crippen LogP contribution is -2.42. The van der Waals surface area contributed by atoms with Crippen molar-refractivity contribution in [3.8, 4) is 0 Å². The second-order valence-electron chi connectivity index (χ2n) is 5.28. The Bertz CT molecular complexity index is 767. The summed E-state index contributed by atoms with van der Waals surface area (Å²) in [5, 5.41) is 3.79. The van der Waals surface area contributed by atoms with Gasteiger partial charge in [0, 0.05) is 43.5 Å². The maximum atomic E-state index is 12.6. The molecule has 1 heterocycles. The van der Waals surface area contributed by atoms with Crippen molar-refractivity contribution in [2.75, 3.05) is 13.6 Å². The van der Waals surface area contributed by atoms with Crippen LogP contribution < -0.4 is 10.9 Å². The summed E-state index contributed by atoms with van der Waals surface area (Å²) in [5.74, 6) is -0.340. The lowest BCUT2D eigenvalue weighted by molar-refractivity contribution is -0.119. The summed E-state index contributed by atoms with van der Waals surface area (Å²) in [4.78, 5) is 39.6. The van der Waals surface area contributed by atoms with Crippen LogP contribution in [0, 0.1) is 0 Å². The molecule has 0 aliphatic rings. The molecule has 1 aromatic carbocycles. The molecule has 0 aliphatic carbocycles. The summed E-state index contributed by atoms with van der Waals surface area (Å²) in [6.45, 7) is 3.66. The predicted molar refractivity (Wildman–Crippen MR) is 84.8 cm³/mol. The second-order valence-corrected chi connectivity index (χ2v) is 5.28. The Morgan fingerprint density at radius 1 is 1.27 bits per heavy atom. The quantitative estimate of drug-likeness (QED) is 0.888. The highest BCUT2D eigenvalue weighted by Crippen LogP contribution is 2.16. The number of hydrogen-bond donors (Lipinski definition) is 2. The number of rotatable bonds is 4. The van der Waals surface area contributed by atoms with Crippen LogP contribution >= 0.6 is 0 Å². The smallest absolute Gasteiger partial charge is 0.256 e. The molecule has 6 nitrogen and oxygen atoms in total. The number of benzene rings is 1. The van der Waals surface area contributed by atoms with Crippen LogP contribution in [0.5, 0.6) is 0 Å². The van der Waals surface area contributed by atoms with Crippen molar-refractivity contribution in [3.63, 3.8) is 0 Å². The number of aromatic amines is 1. The topological polar surface area (TPSA) is 82.3 Å². The number of carbonyl (C=O) groups excluding carboxylic acids is 2. The number of carbonyl (C=O) groups is 2. The Kier molecular flexibility index (Phi) is 4.60. The average molecular weight is 301 g/mol. The van der Waals surface area contributed by atoms with Gasteiger partial charge < -0.3 is 15.2 Å². The van der Waals surface area contributed by atoms with Crippen molar-refractivity contribution >= 4 is 22.6 Å². The molecular formula is C16H19N3O3. The normalized spacial score (nSPS) is 12.0. The van der Waals surface area contributed by atoms with E-state index in [1.807, 2.05) is 6.92 Å². The van der Waals surface area contributed by atoms with Crippen molar-refractivity contribution in [1.82, 2.24) is 15.2 Å². The van der Waals surface area contributed by atoms with Gasteiger partial charge in [0.25, 0.3) is 11.5 Å². The number of H-pyrrole nitrogens is 1. The minimum atomic E-state index is -0.221. The third kappa shape index (κ3) is 3.16. The number of amides is 2. The van der Waals surface area contributed by atoms with Crippen molar-refractivity contribution in [2.24, 2.45) is 0 Å². The zero-order valence-electron chi connectivity index (χ0n) is 12.8. The number of aromatic nitrogens is 1. The monoisotopic (exact) mass is 301 g/mol. The fraction of sp³-hybridized carbons (Fsp3) is 0.312. The molecule has 1 aromatic heterocycles. The maximum Gasteiger partial charge on any atom is 0.256 e. The van der Waals surface area contributed by atoms with E-state index in [4.69, 9.17) is 0 Å². The number of likely N-dealkylation sites (N-methyl/N-ethyl adjacent to an activating group) is 1. The SMILES string of the molecule is CC(=O)NCC(C)N(C)C(=O)c1c[nH]c(=O)c2ccccc12. The van der Waals surface area contributed by atoms with Gasteiger partial charge in [-0.2, -0.15) is 0 Å². The fourth-order valence-corrected chi connectivity index (χ4v) is 2.20. The summed E-state index contributed by atoms with van der Waals surface area (Å²) in [5.41, 5.74) is 0.216. The van der Waals surface area contributed by atoms with E-state index in [-0.39, 0.29) is 23.4 Å². The third-order valence-corrected chi connectivity index (χ3v) is 3.67. The van der Waals surface area contributed by atoms with E-state index in [1.165, 1.54) is 13.1 Å². The molecule has 0 fully saturated rings. The first kappa shape index (κ1) is 15.8. The van der Waals surface area contributed by atoms with Gasteiger partial charge in [0.05, 0.1) is 5.56 Å². The highest BCUT2D eigenvalue weighted by atomic mass is 16.2.